The molecule has 2 amide bonds. The molecule has 0 spiro atoms. The summed E-state index contributed by atoms with van der Waals surface area (Å²) in [7, 11) is -4.23. The molecule has 1 atom stereocenters. The summed E-state index contributed by atoms with van der Waals surface area (Å²) in [5.74, 6) is -1.42. The number of nitrogens with one attached hydrogen (secondary N) is 1. The molecule has 0 saturated carbocycles. The molecule has 0 aliphatic heterocycles. The Morgan fingerprint density at radius 3 is 2.21 bits per heavy atom. The van der Waals surface area contributed by atoms with E-state index in [1.165, 1.54) is 17.0 Å². The summed E-state index contributed by atoms with van der Waals surface area (Å²) < 4.78 is 41.8. The van der Waals surface area contributed by atoms with Gasteiger partial charge in [-0.2, -0.15) is 0 Å². The van der Waals surface area contributed by atoms with Crippen LogP contribution in [0.3, 0.4) is 0 Å². The van der Waals surface area contributed by atoms with Crippen LogP contribution >= 0.6 is 0 Å². The second kappa shape index (κ2) is 13.2. The number of hydrogen-bond donors (Lipinski definition) is 1. The predicted octanol–water partition coefficient (Wildman–Crippen LogP) is 4.66. The third kappa shape index (κ3) is 7.19. The first-order valence-electron chi connectivity index (χ1n) is 12.6. The van der Waals surface area contributed by atoms with Crippen molar-refractivity contribution in [3.05, 3.63) is 95.8 Å². The normalized spacial score (nSPS) is 12.0. The molecule has 3 rings (SSSR count). The number of halogens is 1. The number of para-hydroxylation sites is 1. The van der Waals surface area contributed by atoms with E-state index in [1.807, 2.05) is 38.1 Å². The molecule has 3 aromatic carbocycles. The lowest BCUT2D eigenvalue weighted by molar-refractivity contribution is -0.139. The van der Waals surface area contributed by atoms with Crippen LogP contribution in [-0.4, -0.2) is 44.3 Å². The number of anilines is 1. The number of sulfonamides is 1. The van der Waals surface area contributed by atoms with E-state index in [9.17, 15) is 22.4 Å². The lowest BCUT2D eigenvalue weighted by Crippen LogP contribution is -2.51. The maximum atomic E-state index is 13.8. The van der Waals surface area contributed by atoms with Gasteiger partial charge in [-0.25, -0.2) is 12.8 Å². The van der Waals surface area contributed by atoms with Gasteiger partial charge in [0.25, 0.3) is 10.0 Å². The molecule has 1 unspecified atom stereocenters. The van der Waals surface area contributed by atoms with E-state index in [4.69, 9.17) is 0 Å². The standard InChI is InChI=1S/C29H34FN3O4S/c1-4-5-19-31-29(35)23(3)32(20-24-12-10-9-11-22(24)2)28(34)21-33(26-13-7-6-8-14-26)38(36,37)27-17-15-25(30)16-18-27/h6-18,23H,4-5,19-21H2,1-3H3,(H,31,35). The fourth-order valence-corrected chi connectivity index (χ4v) is 5.36. The summed E-state index contributed by atoms with van der Waals surface area (Å²) in [5, 5.41) is 2.87. The SMILES string of the molecule is CCCCNC(=O)C(C)N(Cc1ccccc1C)C(=O)CN(c1ccccc1)S(=O)(=O)c1ccc(F)cc1. The number of rotatable bonds is 12. The smallest absolute Gasteiger partial charge is 0.264 e. The zero-order valence-corrected chi connectivity index (χ0v) is 22.7. The summed E-state index contributed by atoms with van der Waals surface area (Å²) in [4.78, 5) is 28.1. The minimum absolute atomic E-state index is 0.132. The van der Waals surface area contributed by atoms with E-state index in [2.05, 4.69) is 5.32 Å². The van der Waals surface area contributed by atoms with Gasteiger partial charge in [0, 0.05) is 13.1 Å². The molecule has 202 valence electrons. The highest BCUT2D eigenvalue weighted by Gasteiger charge is 2.32. The van der Waals surface area contributed by atoms with E-state index in [-0.39, 0.29) is 23.0 Å². The molecule has 0 fully saturated rings. The largest absolute Gasteiger partial charge is 0.354 e. The van der Waals surface area contributed by atoms with Gasteiger partial charge in [-0.15, -0.1) is 0 Å². The topological polar surface area (TPSA) is 86.8 Å². The molecule has 0 radical (unpaired) electrons. The van der Waals surface area contributed by atoms with Crippen molar-refractivity contribution in [2.24, 2.45) is 0 Å². The van der Waals surface area contributed by atoms with Crippen LogP contribution < -0.4 is 9.62 Å². The first kappa shape index (κ1) is 28.8. The zero-order chi connectivity index (χ0) is 27.7. The minimum Gasteiger partial charge on any atom is -0.354 e. The van der Waals surface area contributed by atoms with Gasteiger partial charge in [0.2, 0.25) is 11.8 Å². The van der Waals surface area contributed by atoms with Crippen molar-refractivity contribution in [3.8, 4) is 0 Å². The van der Waals surface area contributed by atoms with Gasteiger partial charge in [0.05, 0.1) is 10.6 Å². The summed E-state index contributed by atoms with van der Waals surface area (Å²) in [5.41, 5.74) is 2.07. The van der Waals surface area contributed by atoms with Gasteiger partial charge in [0.1, 0.15) is 18.4 Å². The molecular formula is C29H34FN3O4S. The molecule has 0 aliphatic rings. The molecule has 3 aromatic rings. The van der Waals surface area contributed by atoms with E-state index >= 15 is 0 Å². The third-order valence-electron chi connectivity index (χ3n) is 6.32. The molecule has 0 heterocycles. The number of nitrogens with zero attached hydrogens (tertiary/aromatic N) is 2. The number of amides is 2. The molecule has 0 saturated heterocycles. The van der Waals surface area contributed by atoms with E-state index in [0.717, 1.165) is 40.4 Å². The average Bonchev–Trinajstić information content (AvgIpc) is 2.91. The van der Waals surface area contributed by atoms with Gasteiger partial charge in [-0.1, -0.05) is 55.8 Å². The summed E-state index contributed by atoms with van der Waals surface area (Å²) in [6, 6.07) is 19.4. The first-order valence-corrected chi connectivity index (χ1v) is 14.0. The maximum absolute atomic E-state index is 13.8. The zero-order valence-electron chi connectivity index (χ0n) is 21.9. The van der Waals surface area contributed by atoms with Gasteiger partial charge in [-0.05, 0) is 67.8 Å². The molecule has 38 heavy (non-hydrogen) atoms. The number of unbranched alkanes of at least 4 members (excludes halogenated alkanes) is 1. The van der Waals surface area contributed by atoms with Crippen molar-refractivity contribution in [2.45, 2.75) is 51.1 Å². The van der Waals surface area contributed by atoms with Crippen LogP contribution in [-0.2, 0) is 26.2 Å². The average molecular weight is 540 g/mol. The fraction of sp³-hybridized carbons (Fsp3) is 0.310. The van der Waals surface area contributed by atoms with E-state index < -0.39 is 34.3 Å². The van der Waals surface area contributed by atoms with Crippen LogP contribution in [0.4, 0.5) is 10.1 Å². The number of hydrogen-bond acceptors (Lipinski definition) is 4. The highest BCUT2D eigenvalue weighted by Crippen LogP contribution is 2.25. The number of carbonyl (C=O) groups is 2. The van der Waals surface area contributed by atoms with Crippen molar-refractivity contribution >= 4 is 27.5 Å². The Kier molecular flexibility index (Phi) is 10.0. The number of carbonyl (C=O) groups excluding carboxylic acids is 2. The van der Waals surface area contributed by atoms with Gasteiger partial charge in [0.15, 0.2) is 0 Å². The Labute approximate surface area is 224 Å². The van der Waals surface area contributed by atoms with Gasteiger partial charge < -0.3 is 10.2 Å². The number of aryl methyl sites for hydroxylation is 1. The van der Waals surface area contributed by atoms with Crippen LogP contribution in [0.2, 0.25) is 0 Å². The quantitative estimate of drug-likeness (QED) is 0.339. The predicted molar refractivity (Wildman–Crippen MR) is 146 cm³/mol. The second-order valence-electron chi connectivity index (χ2n) is 9.07. The molecule has 1 N–H and O–H groups in total. The molecule has 0 bridgehead atoms. The van der Waals surface area contributed by atoms with Crippen molar-refractivity contribution < 1.29 is 22.4 Å². The molecule has 9 heteroatoms. The van der Waals surface area contributed by atoms with Crippen LogP contribution in [0.1, 0.15) is 37.8 Å². The fourth-order valence-electron chi connectivity index (χ4n) is 3.95. The van der Waals surface area contributed by atoms with Gasteiger partial charge >= 0.3 is 0 Å². The van der Waals surface area contributed by atoms with E-state index in [1.54, 1.807) is 37.3 Å². The Morgan fingerprint density at radius 2 is 1.58 bits per heavy atom. The Hall–Kier alpha value is -3.72. The summed E-state index contributed by atoms with van der Waals surface area (Å²) in [6.07, 6.45) is 1.72. The molecule has 7 nitrogen and oxygen atoms in total. The van der Waals surface area contributed by atoms with Crippen LogP contribution in [0.5, 0.6) is 0 Å². The molecule has 0 aromatic heterocycles. The third-order valence-corrected chi connectivity index (χ3v) is 8.11. The number of benzene rings is 3. The summed E-state index contributed by atoms with van der Waals surface area (Å²) in [6.45, 7) is 5.65. The van der Waals surface area contributed by atoms with E-state index in [0.29, 0.717) is 6.54 Å². The van der Waals surface area contributed by atoms with Gasteiger partial charge in [-0.3, -0.25) is 13.9 Å². The van der Waals surface area contributed by atoms with Crippen molar-refractivity contribution in [1.29, 1.82) is 0 Å². The molecular weight excluding hydrogens is 505 g/mol. The van der Waals surface area contributed by atoms with Crippen LogP contribution in [0.25, 0.3) is 0 Å². The minimum atomic E-state index is -4.23. The van der Waals surface area contributed by atoms with Crippen LogP contribution in [0, 0.1) is 12.7 Å². The Bertz CT molecular complexity index is 1330. The first-order chi connectivity index (χ1) is 18.1. The van der Waals surface area contributed by atoms with Crippen molar-refractivity contribution in [1.82, 2.24) is 10.2 Å². The Balaban J connectivity index is 1.98. The Morgan fingerprint density at radius 1 is 0.947 bits per heavy atom. The summed E-state index contributed by atoms with van der Waals surface area (Å²) >= 11 is 0. The highest BCUT2D eigenvalue weighted by molar-refractivity contribution is 7.92. The second-order valence-corrected chi connectivity index (χ2v) is 10.9. The highest BCUT2D eigenvalue weighted by atomic mass is 32.2. The van der Waals surface area contributed by atoms with Crippen molar-refractivity contribution in [2.75, 3.05) is 17.4 Å². The lowest BCUT2D eigenvalue weighted by atomic mass is 10.1. The van der Waals surface area contributed by atoms with Crippen LogP contribution in [0.15, 0.2) is 83.8 Å². The maximum Gasteiger partial charge on any atom is 0.264 e. The monoisotopic (exact) mass is 539 g/mol. The molecule has 0 aliphatic carbocycles. The van der Waals surface area contributed by atoms with Crippen molar-refractivity contribution in [3.63, 3.8) is 0 Å². The lowest BCUT2D eigenvalue weighted by Gasteiger charge is -2.32.